The number of hydrogen-bond donors (Lipinski definition) is 0. The Morgan fingerprint density at radius 2 is 1.80 bits per heavy atom. The molecule has 0 unspecified atom stereocenters. The van der Waals surface area contributed by atoms with Crippen LogP contribution in [-0.4, -0.2) is 21.2 Å². The molecule has 1 saturated carbocycles. The first-order valence-corrected chi connectivity index (χ1v) is 14.4. The fourth-order valence-corrected chi connectivity index (χ4v) is 10.1. The second kappa shape index (κ2) is 8.21. The molecule has 1 fully saturated rings. The zero-order valence-corrected chi connectivity index (χ0v) is 18.0. The first-order valence-electron chi connectivity index (χ1n) is 9.76. The van der Waals surface area contributed by atoms with E-state index in [1.165, 1.54) is 6.42 Å². The van der Waals surface area contributed by atoms with Gasteiger partial charge in [0.2, 0.25) is 0 Å². The monoisotopic (exact) mass is 378 g/mol. The number of sulfone groups is 1. The van der Waals surface area contributed by atoms with E-state index in [4.69, 9.17) is 0 Å². The Kier molecular flexibility index (Phi) is 6.72. The molecule has 1 aliphatic carbocycles. The van der Waals surface area contributed by atoms with Crippen molar-refractivity contribution in [3.8, 4) is 0 Å². The summed E-state index contributed by atoms with van der Waals surface area (Å²) < 4.78 is 27.2. The van der Waals surface area contributed by atoms with Crippen molar-refractivity contribution in [1.29, 1.82) is 0 Å². The van der Waals surface area contributed by atoms with E-state index >= 15 is 0 Å². The van der Waals surface area contributed by atoms with Crippen molar-refractivity contribution in [2.45, 2.75) is 87.1 Å². The van der Waals surface area contributed by atoms with Gasteiger partial charge in [-0.2, -0.15) is 0 Å². The molecule has 0 spiro atoms. The molecule has 0 aliphatic heterocycles. The van der Waals surface area contributed by atoms with Crippen LogP contribution in [0.3, 0.4) is 0 Å². The normalized spacial score (nSPS) is 18.0. The van der Waals surface area contributed by atoms with Crippen LogP contribution in [0.15, 0.2) is 41.8 Å². The number of allylic oxidation sites excluding steroid dienone is 1. The molecule has 1 aromatic rings. The molecule has 0 bridgehead atoms. The SMILES string of the molecule is C=CC[Si](C)(C)c1ccccc1S(=O)(=O)C1(CCCC)CCCCC1. The standard InChI is InChI=1S/C21H34O2SSi/c1-5-7-15-21(16-11-8-12-17-21)24(22,23)19-13-9-10-14-20(19)25(3,4)18-6-2/h6,9-10,13-14H,2,5,7-8,11-12,15-18H2,1,3-4H3. The van der Waals surface area contributed by atoms with Crippen molar-refractivity contribution < 1.29 is 8.42 Å². The molecule has 0 radical (unpaired) electrons. The fraction of sp³-hybridized carbons (Fsp3) is 0.619. The summed E-state index contributed by atoms with van der Waals surface area (Å²) in [5, 5.41) is 1.08. The van der Waals surface area contributed by atoms with Crippen LogP contribution >= 0.6 is 0 Å². The summed E-state index contributed by atoms with van der Waals surface area (Å²) in [5.74, 6) is 0. The predicted octanol–water partition coefficient (Wildman–Crippen LogP) is 5.45. The first kappa shape index (κ1) is 20.4. The summed E-state index contributed by atoms with van der Waals surface area (Å²) in [6, 6.07) is 8.71. The van der Waals surface area contributed by atoms with Crippen LogP contribution in [0, 0.1) is 0 Å². The maximum atomic E-state index is 13.9. The summed E-state index contributed by atoms with van der Waals surface area (Å²) in [5.41, 5.74) is 0. The Bertz CT molecular complexity index is 686. The molecule has 2 rings (SSSR count). The minimum atomic E-state index is -3.33. The van der Waals surface area contributed by atoms with E-state index in [0.717, 1.165) is 56.2 Å². The van der Waals surface area contributed by atoms with E-state index in [0.29, 0.717) is 4.90 Å². The number of unbranched alkanes of at least 4 members (excludes halogenated alkanes) is 1. The Hall–Kier alpha value is -0.873. The fourth-order valence-electron chi connectivity index (χ4n) is 4.31. The number of hydrogen-bond acceptors (Lipinski definition) is 2. The zero-order chi connectivity index (χ0) is 18.6. The molecule has 4 heteroatoms. The molecule has 0 amide bonds. The van der Waals surface area contributed by atoms with Crippen LogP contribution in [0.4, 0.5) is 0 Å². The molecule has 25 heavy (non-hydrogen) atoms. The molecule has 1 aliphatic rings. The van der Waals surface area contributed by atoms with E-state index in [1.807, 2.05) is 24.3 Å². The van der Waals surface area contributed by atoms with Gasteiger partial charge in [-0.15, -0.1) is 6.58 Å². The smallest absolute Gasteiger partial charge is 0.183 e. The Balaban J connectivity index is 2.56. The van der Waals surface area contributed by atoms with Gasteiger partial charge in [-0.25, -0.2) is 8.42 Å². The van der Waals surface area contributed by atoms with Gasteiger partial charge >= 0.3 is 0 Å². The van der Waals surface area contributed by atoms with Gasteiger partial charge in [0.15, 0.2) is 9.84 Å². The van der Waals surface area contributed by atoms with Gasteiger partial charge in [0.1, 0.15) is 0 Å². The quantitative estimate of drug-likeness (QED) is 0.445. The number of rotatable bonds is 8. The van der Waals surface area contributed by atoms with Gasteiger partial charge in [0.05, 0.1) is 17.7 Å². The van der Waals surface area contributed by atoms with Gasteiger partial charge in [0.25, 0.3) is 0 Å². The van der Waals surface area contributed by atoms with Gasteiger partial charge in [-0.05, 0) is 36.6 Å². The largest absolute Gasteiger partial charge is 0.223 e. The van der Waals surface area contributed by atoms with Crippen molar-refractivity contribution in [2.75, 3.05) is 0 Å². The van der Waals surface area contributed by atoms with Crippen molar-refractivity contribution in [1.82, 2.24) is 0 Å². The summed E-state index contributed by atoms with van der Waals surface area (Å²) in [6.45, 7) is 10.5. The Labute approximate surface area is 155 Å². The minimum absolute atomic E-state index is 0.546. The molecule has 2 nitrogen and oxygen atoms in total. The molecule has 0 saturated heterocycles. The molecular formula is C21H34O2SSi. The third kappa shape index (κ3) is 4.11. The second-order valence-electron chi connectivity index (χ2n) is 8.22. The van der Waals surface area contributed by atoms with Gasteiger partial charge in [-0.1, -0.05) is 76.4 Å². The lowest BCUT2D eigenvalue weighted by molar-refractivity contribution is 0.347. The van der Waals surface area contributed by atoms with Crippen LogP contribution in [0.5, 0.6) is 0 Å². The molecule has 0 heterocycles. The van der Waals surface area contributed by atoms with E-state index in [2.05, 4.69) is 32.7 Å². The van der Waals surface area contributed by atoms with Crippen LogP contribution in [0.2, 0.25) is 19.1 Å². The van der Waals surface area contributed by atoms with Crippen LogP contribution < -0.4 is 5.19 Å². The third-order valence-corrected chi connectivity index (χ3v) is 12.0. The number of benzene rings is 1. The maximum Gasteiger partial charge on any atom is 0.183 e. The summed E-state index contributed by atoms with van der Waals surface area (Å²) in [7, 11) is -5.19. The van der Waals surface area contributed by atoms with E-state index in [-0.39, 0.29) is 0 Å². The molecule has 0 atom stereocenters. The van der Waals surface area contributed by atoms with Crippen molar-refractivity contribution in [3.63, 3.8) is 0 Å². The van der Waals surface area contributed by atoms with Crippen molar-refractivity contribution in [3.05, 3.63) is 36.9 Å². The lowest BCUT2D eigenvalue weighted by atomic mass is 9.85. The van der Waals surface area contributed by atoms with Gasteiger partial charge in [0, 0.05) is 0 Å². The minimum Gasteiger partial charge on any atom is -0.223 e. The Morgan fingerprint density at radius 1 is 1.16 bits per heavy atom. The maximum absolute atomic E-state index is 13.9. The summed E-state index contributed by atoms with van der Waals surface area (Å²) >= 11 is 0. The summed E-state index contributed by atoms with van der Waals surface area (Å²) in [4.78, 5) is 0.617. The molecule has 0 aromatic heterocycles. The van der Waals surface area contributed by atoms with E-state index < -0.39 is 22.7 Å². The van der Waals surface area contributed by atoms with Crippen LogP contribution in [0.1, 0.15) is 58.3 Å². The molecule has 1 aromatic carbocycles. The first-order chi connectivity index (χ1) is 11.8. The molecule has 140 valence electrons. The van der Waals surface area contributed by atoms with Gasteiger partial charge in [-0.3, -0.25) is 0 Å². The van der Waals surface area contributed by atoms with E-state index in [9.17, 15) is 8.42 Å². The van der Waals surface area contributed by atoms with Crippen molar-refractivity contribution >= 4 is 23.1 Å². The molecular weight excluding hydrogens is 344 g/mol. The van der Waals surface area contributed by atoms with Gasteiger partial charge < -0.3 is 0 Å². The second-order valence-corrected chi connectivity index (χ2v) is 15.3. The highest BCUT2D eigenvalue weighted by Gasteiger charge is 2.46. The highest BCUT2D eigenvalue weighted by Crippen LogP contribution is 2.42. The lowest BCUT2D eigenvalue weighted by Crippen LogP contribution is -2.48. The lowest BCUT2D eigenvalue weighted by Gasteiger charge is -2.38. The molecule has 0 N–H and O–H groups in total. The predicted molar refractivity (Wildman–Crippen MR) is 111 cm³/mol. The average Bonchev–Trinajstić information content (AvgIpc) is 2.60. The van der Waals surface area contributed by atoms with E-state index in [1.54, 1.807) is 0 Å². The highest BCUT2D eigenvalue weighted by atomic mass is 32.2. The highest BCUT2D eigenvalue weighted by molar-refractivity contribution is 7.93. The van der Waals surface area contributed by atoms with Crippen molar-refractivity contribution in [2.24, 2.45) is 0 Å². The Morgan fingerprint density at radius 3 is 2.40 bits per heavy atom. The average molecular weight is 379 g/mol. The third-order valence-electron chi connectivity index (χ3n) is 5.88. The summed E-state index contributed by atoms with van der Waals surface area (Å²) in [6.07, 6.45) is 9.70. The zero-order valence-electron chi connectivity index (χ0n) is 16.2. The topological polar surface area (TPSA) is 34.1 Å². The van der Waals surface area contributed by atoms with Crippen LogP contribution in [-0.2, 0) is 9.84 Å². The van der Waals surface area contributed by atoms with Crippen LogP contribution in [0.25, 0.3) is 0 Å².